The Bertz CT molecular complexity index is 929. The number of carbonyl (C=O) groups excluding carboxylic acids is 2. The van der Waals surface area contributed by atoms with Crippen LogP contribution in [0.5, 0.6) is 0 Å². The van der Waals surface area contributed by atoms with E-state index in [0.29, 0.717) is 24.8 Å². The lowest BCUT2D eigenvalue weighted by Gasteiger charge is -2.24. The number of benzene rings is 1. The molecular formula is C24H31N3O4. The van der Waals surface area contributed by atoms with Crippen molar-refractivity contribution in [1.29, 1.82) is 0 Å². The molecule has 0 radical (unpaired) electrons. The smallest absolute Gasteiger partial charge is 0.276 e. The highest BCUT2D eigenvalue weighted by Gasteiger charge is 2.27. The Morgan fingerprint density at radius 2 is 2.03 bits per heavy atom. The lowest BCUT2D eigenvalue weighted by atomic mass is 10.0. The Morgan fingerprint density at radius 3 is 2.77 bits per heavy atom. The zero-order valence-electron chi connectivity index (χ0n) is 18.4. The molecule has 0 spiro atoms. The van der Waals surface area contributed by atoms with Crippen LogP contribution in [0.2, 0.25) is 0 Å². The third kappa shape index (κ3) is 5.73. The summed E-state index contributed by atoms with van der Waals surface area (Å²) in [5.74, 6) is 0.954. The number of nitrogens with zero attached hydrogens (tertiary/aromatic N) is 2. The summed E-state index contributed by atoms with van der Waals surface area (Å²) in [6.07, 6.45) is 4.58. The number of hydrogen-bond donors (Lipinski definition) is 1. The number of aryl methyl sites for hydroxylation is 2. The quantitative estimate of drug-likeness (QED) is 0.665. The molecule has 1 aromatic carbocycles. The van der Waals surface area contributed by atoms with Crippen molar-refractivity contribution in [3.8, 4) is 11.3 Å². The molecule has 2 amide bonds. The molecule has 1 N–H and O–H groups in total. The normalized spacial score (nSPS) is 18.2. The molecule has 7 nitrogen and oxygen atoms in total. The number of rotatable bonds is 9. The van der Waals surface area contributed by atoms with E-state index in [9.17, 15) is 9.59 Å². The maximum absolute atomic E-state index is 13.2. The first-order chi connectivity index (χ1) is 15.0. The number of amides is 2. The fourth-order valence-electron chi connectivity index (χ4n) is 3.88. The number of carbonyl (C=O) groups is 2. The molecule has 2 heterocycles. The summed E-state index contributed by atoms with van der Waals surface area (Å²) >= 11 is 0. The second kappa shape index (κ2) is 9.64. The number of aromatic nitrogens is 1. The second-order valence-electron chi connectivity index (χ2n) is 8.78. The highest BCUT2D eigenvalue weighted by atomic mass is 16.5. The van der Waals surface area contributed by atoms with Crippen LogP contribution >= 0.6 is 0 Å². The van der Waals surface area contributed by atoms with Gasteiger partial charge in [0, 0.05) is 44.3 Å². The van der Waals surface area contributed by atoms with Crippen molar-refractivity contribution in [3.05, 3.63) is 41.1 Å². The van der Waals surface area contributed by atoms with E-state index < -0.39 is 0 Å². The van der Waals surface area contributed by atoms with Crippen LogP contribution in [0.3, 0.4) is 0 Å². The lowest BCUT2D eigenvalue weighted by molar-refractivity contribution is -0.121. The Labute approximate surface area is 183 Å². The molecule has 0 unspecified atom stereocenters. The summed E-state index contributed by atoms with van der Waals surface area (Å²) in [6, 6.07) is 7.79. The molecule has 1 aliphatic carbocycles. The van der Waals surface area contributed by atoms with Crippen molar-refractivity contribution in [3.63, 3.8) is 0 Å². The molecular weight excluding hydrogens is 394 g/mol. The summed E-state index contributed by atoms with van der Waals surface area (Å²) in [7, 11) is 0. The molecule has 1 atom stereocenters. The Balaban J connectivity index is 1.44. The van der Waals surface area contributed by atoms with Gasteiger partial charge in [-0.25, -0.2) is 0 Å². The van der Waals surface area contributed by atoms with Crippen molar-refractivity contribution in [2.24, 2.45) is 5.92 Å². The van der Waals surface area contributed by atoms with Gasteiger partial charge in [-0.15, -0.1) is 0 Å². The van der Waals surface area contributed by atoms with Gasteiger partial charge in [-0.2, -0.15) is 0 Å². The zero-order chi connectivity index (χ0) is 21.8. The fraction of sp³-hybridized carbons (Fsp3) is 0.542. The van der Waals surface area contributed by atoms with E-state index in [1.54, 1.807) is 11.0 Å². The number of nitrogens with one attached hydrogen (secondary N) is 1. The number of ether oxygens (including phenoxy) is 1. The van der Waals surface area contributed by atoms with E-state index in [1.807, 2.05) is 32.0 Å². The molecule has 1 aromatic heterocycles. The van der Waals surface area contributed by atoms with Gasteiger partial charge in [0.05, 0.1) is 6.10 Å². The van der Waals surface area contributed by atoms with Gasteiger partial charge in [0.15, 0.2) is 11.5 Å². The molecule has 2 aliphatic rings. The summed E-state index contributed by atoms with van der Waals surface area (Å²) in [6.45, 7) is 6.27. The van der Waals surface area contributed by atoms with Gasteiger partial charge in [0.1, 0.15) is 0 Å². The van der Waals surface area contributed by atoms with Gasteiger partial charge in [0.25, 0.3) is 5.91 Å². The third-order valence-corrected chi connectivity index (χ3v) is 6.02. The van der Waals surface area contributed by atoms with Crippen LogP contribution in [-0.2, 0) is 9.53 Å². The monoisotopic (exact) mass is 425 g/mol. The number of hydrogen-bond acceptors (Lipinski definition) is 5. The Morgan fingerprint density at radius 1 is 1.19 bits per heavy atom. The minimum Gasteiger partial charge on any atom is -0.376 e. The van der Waals surface area contributed by atoms with Crippen LogP contribution < -0.4 is 5.32 Å². The first kappa shape index (κ1) is 21.6. The first-order valence-electron chi connectivity index (χ1n) is 11.2. The second-order valence-corrected chi connectivity index (χ2v) is 8.78. The largest absolute Gasteiger partial charge is 0.376 e. The van der Waals surface area contributed by atoms with Gasteiger partial charge >= 0.3 is 0 Å². The summed E-state index contributed by atoms with van der Waals surface area (Å²) in [4.78, 5) is 27.1. The Kier molecular flexibility index (Phi) is 6.70. The fourth-order valence-corrected chi connectivity index (χ4v) is 3.88. The van der Waals surface area contributed by atoms with Gasteiger partial charge in [-0.1, -0.05) is 22.9 Å². The zero-order valence-corrected chi connectivity index (χ0v) is 18.4. The maximum atomic E-state index is 13.2. The summed E-state index contributed by atoms with van der Waals surface area (Å²) in [5, 5.41) is 7.01. The van der Waals surface area contributed by atoms with E-state index >= 15 is 0 Å². The first-order valence-corrected chi connectivity index (χ1v) is 11.2. The topological polar surface area (TPSA) is 84.7 Å². The van der Waals surface area contributed by atoms with Crippen LogP contribution in [0.4, 0.5) is 0 Å². The molecule has 1 saturated carbocycles. The van der Waals surface area contributed by atoms with E-state index in [-0.39, 0.29) is 30.0 Å². The maximum Gasteiger partial charge on any atom is 0.276 e. The van der Waals surface area contributed by atoms with E-state index in [2.05, 4.69) is 10.5 Å². The van der Waals surface area contributed by atoms with Crippen molar-refractivity contribution in [2.75, 3.05) is 26.2 Å². The van der Waals surface area contributed by atoms with E-state index in [4.69, 9.17) is 9.26 Å². The minimum atomic E-state index is -0.231. The van der Waals surface area contributed by atoms with Crippen LogP contribution in [-0.4, -0.2) is 54.2 Å². The lowest BCUT2D eigenvalue weighted by Crippen LogP contribution is -2.40. The molecule has 7 heteroatoms. The van der Waals surface area contributed by atoms with Gasteiger partial charge in [0.2, 0.25) is 5.91 Å². The van der Waals surface area contributed by atoms with Gasteiger partial charge in [-0.05, 0) is 57.1 Å². The standard InChI is InChI=1S/C24H31N3O4/c1-16-5-6-17(2)20(12-16)22-13-21(26-31-22)24(29)27(15-19-4-3-11-30-19)10-9-23(28)25-14-18-7-8-18/h5-6,12-13,18-19H,3-4,7-11,14-15H2,1-2H3,(H,25,28)/t19-/m1/s1. The van der Waals surface area contributed by atoms with Crippen LogP contribution in [0.25, 0.3) is 11.3 Å². The minimum absolute atomic E-state index is 0.00358. The molecule has 0 bridgehead atoms. The molecule has 1 aliphatic heterocycles. The highest BCUT2D eigenvalue weighted by molar-refractivity contribution is 5.93. The van der Waals surface area contributed by atoms with Gasteiger partial charge in [-0.3, -0.25) is 9.59 Å². The van der Waals surface area contributed by atoms with Crippen molar-refractivity contribution < 1.29 is 18.8 Å². The molecule has 31 heavy (non-hydrogen) atoms. The predicted molar refractivity (Wildman–Crippen MR) is 117 cm³/mol. The third-order valence-electron chi connectivity index (χ3n) is 6.02. The summed E-state index contributed by atoms with van der Waals surface area (Å²) < 4.78 is 11.2. The van der Waals surface area contributed by atoms with Gasteiger partial charge < -0.3 is 19.5 Å². The van der Waals surface area contributed by atoms with E-state index in [0.717, 1.165) is 42.7 Å². The van der Waals surface area contributed by atoms with Crippen molar-refractivity contribution in [2.45, 2.75) is 52.1 Å². The molecule has 166 valence electrons. The van der Waals surface area contributed by atoms with Crippen LogP contribution in [0, 0.1) is 19.8 Å². The molecule has 1 saturated heterocycles. The van der Waals surface area contributed by atoms with Crippen LogP contribution in [0.15, 0.2) is 28.8 Å². The average molecular weight is 426 g/mol. The summed E-state index contributed by atoms with van der Waals surface area (Å²) in [5.41, 5.74) is 3.36. The SMILES string of the molecule is Cc1ccc(C)c(-c2cc(C(=O)N(CCC(=O)NCC3CC3)C[C@H]3CCCO3)no2)c1. The Hall–Kier alpha value is -2.67. The highest BCUT2D eigenvalue weighted by Crippen LogP contribution is 2.28. The van der Waals surface area contributed by atoms with Crippen molar-refractivity contribution in [1.82, 2.24) is 15.4 Å². The predicted octanol–water partition coefficient (Wildman–Crippen LogP) is 3.50. The average Bonchev–Trinajstić information content (AvgIpc) is 3.22. The molecule has 4 rings (SSSR count). The van der Waals surface area contributed by atoms with E-state index in [1.165, 1.54) is 12.8 Å². The van der Waals surface area contributed by atoms with Crippen molar-refractivity contribution >= 4 is 11.8 Å². The molecule has 2 fully saturated rings. The molecule has 2 aromatic rings. The van der Waals surface area contributed by atoms with Crippen LogP contribution in [0.1, 0.15) is 53.7 Å².